The molecule has 1 aromatic rings. The summed E-state index contributed by atoms with van der Waals surface area (Å²) in [6.45, 7) is 0. The fourth-order valence-corrected chi connectivity index (χ4v) is 3.02. The van der Waals surface area contributed by atoms with Gasteiger partial charge in [-0.05, 0) is 5.56 Å². The topological polar surface area (TPSA) is 18.5 Å². The maximum Gasteiger partial charge on any atom is 0.163 e. The number of rotatable bonds is 4. The first-order chi connectivity index (χ1) is 7.62. The average Bonchev–Trinajstić information content (AvgIpc) is 2.85. The van der Waals surface area contributed by atoms with Gasteiger partial charge < -0.3 is 9.47 Å². The Bertz CT molecular complexity index is 349. The Morgan fingerprint density at radius 1 is 1.12 bits per heavy atom. The van der Waals surface area contributed by atoms with E-state index >= 15 is 0 Å². The SMILES string of the molecule is COC(OC)C1C(c2ccccc2)C1(Cl)Cl. The smallest absolute Gasteiger partial charge is 0.163 e. The van der Waals surface area contributed by atoms with Crippen LogP contribution < -0.4 is 0 Å². The van der Waals surface area contributed by atoms with Gasteiger partial charge in [0.2, 0.25) is 0 Å². The van der Waals surface area contributed by atoms with Crippen molar-refractivity contribution in [2.24, 2.45) is 5.92 Å². The number of ether oxygens (including phenoxy) is 2. The molecule has 0 heterocycles. The van der Waals surface area contributed by atoms with Crippen LogP contribution in [0.2, 0.25) is 0 Å². The molecule has 0 saturated heterocycles. The molecule has 0 bridgehead atoms. The van der Waals surface area contributed by atoms with Gasteiger partial charge in [-0.1, -0.05) is 30.3 Å². The lowest BCUT2D eigenvalue weighted by Crippen LogP contribution is -2.18. The lowest BCUT2D eigenvalue weighted by atomic mass is 10.1. The van der Waals surface area contributed by atoms with Crippen LogP contribution in [0.1, 0.15) is 11.5 Å². The molecule has 0 amide bonds. The highest BCUT2D eigenvalue weighted by Crippen LogP contribution is 2.66. The maximum absolute atomic E-state index is 6.27. The summed E-state index contributed by atoms with van der Waals surface area (Å²) in [4.78, 5) is 0. The van der Waals surface area contributed by atoms with Crippen molar-refractivity contribution in [1.29, 1.82) is 0 Å². The van der Waals surface area contributed by atoms with Gasteiger partial charge in [-0.3, -0.25) is 0 Å². The Kier molecular flexibility index (Phi) is 3.45. The van der Waals surface area contributed by atoms with E-state index in [-0.39, 0.29) is 18.1 Å². The highest BCUT2D eigenvalue weighted by Gasteiger charge is 2.67. The van der Waals surface area contributed by atoms with E-state index in [0.717, 1.165) is 5.56 Å². The first-order valence-corrected chi connectivity index (χ1v) is 5.87. The molecule has 1 aliphatic rings. The van der Waals surface area contributed by atoms with Gasteiger partial charge in [-0.2, -0.15) is 0 Å². The highest BCUT2D eigenvalue weighted by atomic mass is 35.5. The van der Waals surface area contributed by atoms with Crippen LogP contribution in [-0.2, 0) is 9.47 Å². The number of halogens is 2. The van der Waals surface area contributed by atoms with Gasteiger partial charge in [-0.15, -0.1) is 23.2 Å². The molecule has 1 aliphatic carbocycles. The third-order valence-electron chi connectivity index (χ3n) is 3.03. The molecule has 2 atom stereocenters. The van der Waals surface area contributed by atoms with Crippen molar-refractivity contribution in [1.82, 2.24) is 0 Å². The third kappa shape index (κ3) is 1.95. The second-order valence-corrected chi connectivity index (χ2v) is 5.37. The van der Waals surface area contributed by atoms with Crippen LogP contribution in [0.3, 0.4) is 0 Å². The van der Waals surface area contributed by atoms with E-state index in [1.54, 1.807) is 14.2 Å². The van der Waals surface area contributed by atoms with Gasteiger partial charge in [0.15, 0.2) is 6.29 Å². The molecule has 1 aromatic carbocycles. The molecule has 1 fully saturated rings. The number of hydrogen-bond donors (Lipinski definition) is 0. The molecule has 2 rings (SSSR count). The van der Waals surface area contributed by atoms with Crippen LogP contribution in [0.5, 0.6) is 0 Å². The summed E-state index contributed by atoms with van der Waals surface area (Å²) in [5.74, 6) is 0.0511. The van der Waals surface area contributed by atoms with Crippen LogP contribution >= 0.6 is 23.2 Å². The predicted octanol–water partition coefficient (Wildman–Crippen LogP) is 3.19. The van der Waals surface area contributed by atoms with Crippen molar-refractivity contribution in [2.45, 2.75) is 16.5 Å². The normalized spacial score (nSPS) is 27.1. The Labute approximate surface area is 105 Å². The second-order valence-electron chi connectivity index (χ2n) is 3.93. The minimum atomic E-state index is -0.794. The maximum atomic E-state index is 6.27. The van der Waals surface area contributed by atoms with E-state index in [9.17, 15) is 0 Å². The summed E-state index contributed by atoms with van der Waals surface area (Å²) in [6.07, 6.45) is -0.361. The number of benzene rings is 1. The Morgan fingerprint density at radius 2 is 1.69 bits per heavy atom. The van der Waals surface area contributed by atoms with Crippen molar-refractivity contribution in [3.63, 3.8) is 0 Å². The van der Waals surface area contributed by atoms with Gasteiger partial charge in [0, 0.05) is 20.1 Å². The Morgan fingerprint density at radius 3 is 2.19 bits per heavy atom. The van der Waals surface area contributed by atoms with Crippen molar-refractivity contribution in [3.05, 3.63) is 35.9 Å². The minimum absolute atomic E-state index is 0.0202. The fraction of sp³-hybridized carbons (Fsp3) is 0.500. The van der Waals surface area contributed by atoms with Gasteiger partial charge in [0.1, 0.15) is 4.33 Å². The lowest BCUT2D eigenvalue weighted by molar-refractivity contribution is -0.117. The summed E-state index contributed by atoms with van der Waals surface area (Å²) in [5, 5.41) is 0. The molecule has 0 N–H and O–H groups in total. The molecule has 2 nitrogen and oxygen atoms in total. The van der Waals surface area contributed by atoms with E-state index in [4.69, 9.17) is 32.7 Å². The zero-order valence-electron chi connectivity index (χ0n) is 9.19. The zero-order valence-corrected chi connectivity index (χ0v) is 10.7. The molecule has 88 valence electrons. The van der Waals surface area contributed by atoms with Crippen LogP contribution in [0.25, 0.3) is 0 Å². The quantitative estimate of drug-likeness (QED) is 0.612. The molecule has 0 aromatic heterocycles. The zero-order chi connectivity index (χ0) is 11.8. The Balaban J connectivity index is 2.19. The molecule has 1 saturated carbocycles. The van der Waals surface area contributed by atoms with E-state index in [0.29, 0.717) is 0 Å². The number of methoxy groups -OCH3 is 2. The molecular weight excluding hydrogens is 247 g/mol. The minimum Gasteiger partial charge on any atom is -0.355 e. The monoisotopic (exact) mass is 260 g/mol. The van der Waals surface area contributed by atoms with E-state index < -0.39 is 4.33 Å². The van der Waals surface area contributed by atoms with E-state index in [2.05, 4.69) is 0 Å². The molecule has 0 radical (unpaired) electrons. The van der Waals surface area contributed by atoms with E-state index in [1.807, 2.05) is 30.3 Å². The van der Waals surface area contributed by atoms with Crippen molar-refractivity contribution < 1.29 is 9.47 Å². The van der Waals surface area contributed by atoms with E-state index in [1.165, 1.54) is 0 Å². The molecule has 0 aliphatic heterocycles. The number of hydrogen-bond acceptors (Lipinski definition) is 2. The first kappa shape index (κ1) is 12.2. The standard InChI is InChI=1S/C12H14Cl2O2/c1-15-11(16-2)10-9(12(10,13)14)8-6-4-3-5-7-8/h3-7,9-11H,1-2H3. The summed E-state index contributed by atoms with van der Waals surface area (Å²) in [6, 6.07) is 9.96. The van der Waals surface area contributed by atoms with Gasteiger partial charge in [0.05, 0.1) is 5.92 Å². The average molecular weight is 261 g/mol. The predicted molar refractivity (Wildman–Crippen MR) is 64.9 cm³/mol. The third-order valence-corrected chi connectivity index (χ3v) is 4.00. The van der Waals surface area contributed by atoms with Crippen molar-refractivity contribution in [3.8, 4) is 0 Å². The van der Waals surface area contributed by atoms with Crippen LogP contribution in [0.15, 0.2) is 30.3 Å². The molecule has 2 unspecified atom stereocenters. The van der Waals surface area contributed by atoms with Crippen LogP contribution in [0.4, 0.5) is 0 Å². The lowest BCUT2D eigenvalue weighted by Gasteiger charge is -2.13. The van der Waals surface area contributed by atoms with Gasteiger partial charge in [-0.25, -0.2) is 0 Å². The Hall–Kier alpha value is -0.280. The summed E-state index contributed by atoms with van der Waals surface area (Å²) < 4.78 is 9.65. The molecule has 4 heteroatoms. The largest absolute Gasteiger partial charge is 0.355 e. The summed E-state index contributed by atoms with van der Waals surface area (Å²) in [5.41, 5.74) is 1.12. The number of alkyl halides is 2. The van der Waals surface area contributed by atoms with Crippen LogP contribution in [0, 0.1) is 5.92 Å². The molecule has 0 spiro atoms. The molecule has 16 heavy (non-hydrogen) atoms. The van der Waals surface area contributed by atoms with Crippen molar-refractivity contribution >= 4 is 23.2 Å². The summed E-state index contributed by atoms with van der Waals surface area (Å²) in [7, 11) is 3.19. The van der Waals surface area contributed by atoms with Gasteiger partial charge >= 0.3 is 0 Å². The highest BCUT2D eigenvalue weighted by molar-refractivity contribution is 6.52. The summed E-state index contributed by atoms with van der Waals surface area (Å²) >= 11 is 12.5. The van der Waals surface area contributed by atoms with Gasteiger partial charge in [0.25, 0.3) is 0 Å². The molecular formula is C12H14Cl2O2. The second kappa shape index (κ2) is 4.53. The van der Waals surface area contributed by atoms with Crippen LogP contribution in [-0.4, -0.2) is 24.8 Å². The first-order valence-electron chi connectivity index (χ1n) is 5.11. The fourth-order valence-electron chi connectivity index (χ4n) is 2.17. The van der Waals surface area contributed by atoms with Crippen molar-refractivity contribution in [2.75, 3.05) is 14.2 Å².